The van der Waals surface area contributed by atoms with Gasteiger partial charge >= 0.3 is 0 Å². The van der Waals surface area contributed by atoms with Gasteiger partial charge in [-0.1, -0.05) is 5.16 Å². The van der Waals surface area contributed by atoms with E-state index in [0.29, 0.717) is 77.6 Å². The van der Waals surface area contributed by atoms with Crippen molar-refractivity contribution in [2.45, 2.75) is 6.92 Å². The quantitative estimate of drug-likeness (QED) is 0.570. The van der Waals surface area contributed by atoms with Crippen LogP contribution in [0, 0.1) is 0 Å². The number of nitrogens with zero attached hydrogens (tertiary/aromatic N) is 1. The SMILES string of the molecule is CO/N=C(\C)c1ccc2c(c1)OCCOCCOCCOCCOCCO2. The van der Waals surface area contributed by atoms with Gasteiger partial charge in [-0.15, -0.1) is 0 Å². The smallest absolute Gasteiger partial charge is 0.161 e. The van der Waals surface area contributed by atoms with Crippen LogP contribution in [0.4, 0.5) is 0 Å². The van der Waals surface area contributed by atoms with Crippen LogP contribution >= 0.6 is 0 Å². The van der Waals surface area contributed by atoms with Crippen molar-refractivity contribution in [1.82, 2.24) is 0 Å². The fourth-order valence-electron chi connectivity index (χ4n) is 2.34. The summed E-state index contributed by atoms with van der Waals surface area (Å²) in [5, 5.41) is 3.96. The van der Waals surface area contributed by atoms with E-state index in [4.69, 9.17) is 33.3 Å². The lowest BCUT2D eigenvalue weighted by Gasteiger charge is -2.15. The van der Waals surface area contributed by atoms with E-state index in [1.165, 1.54) is 7.11 Å². The minimum Gasteiger partial charge on any atom is -0.487 e. The van der Waals surface area contributed by atoms with Crippen molar-refractivity contribution < 1.29 is 33.3 Å². The Morgan fingerprint density at radius 3 is 1.74 bits per heavy atom. The number of fused-ring (bicyclic) bond motifs is 1. The average molecular weight is 383 g/mol. The molecule has 1 aliphatic heterocycles. The van der Waals surface area contributed by atoms with Crippen LogP contribution < -0.4 is 9.47 Å². The highest BCUT2D eigenvalue weighted by Gasteiger charge is 2.09. The fourth-order valence-corrected chi connectivity index (χ4v) is 2.34. The van der Waals surface area contributed by atoms with E-state index in [-0.39, 0.29) is 0 Å². The van der Waals surface area contributed by atoms with Crippen molar-refractivity contribution in [2.75, 3.05) is 73.2 Å². The van der Waals surface area contributed by atoms with Crippen LogP contribution in [0.3, 0.4) is 0 Å². The summed E-state index contributed by atoms with van der Waals surface area (Å²) in [6.45, 7) is 6.78. The third kappa shape index (κ3) is 8.57. The number of rotatable bonds is 2. The minimum atomic E-state index is 0.403. The van der Waals surface area contributed by atoms with Crippen molar-refractivity contribution in [2.24, 2.45) is 5.16 Å². The Hall–Kier alpha value is -1.87. The van der Waals surface area contributed by atoms with E-state index < -0.39 is 0 Å². The molecule has 0 fully saturated rings. The standard InChI is InChI=1S/C19H29NO7/c1-16(20-21-2)17-3-4-18-19(15-17)27-14-12-25-10-8-23-6-5-22-7-9-24-11-13-26-18/h3-4,15H,5-14H2,1-2H3/b20-16+. The molecule has 1 aliphatic rings. The lowest BCUT2D eigenvalue weighted by atomic mass is 10.1. The minimum absolute atomic E-state index is 0.403. The summed E-state index contributed by atoms with van der Waals surface area (Å²) >= 11 is 0. The van der Waals surface area contributed by atoms with Crippen molar-refractivity contribution in [3.63, 3.8) is 0 Å². The second-order valence-electron chi connectivity index (χ2n) is 5.67. The van der Waals surface area contributed by atoms with E-state index in [2.05, 4.69) is 5.16 Å². The highest BCUT2D eigenvalue weighted by Crippen LogP contribution is 2.29. The Bertz CT molecular complexity index is 565. The maximum Gasteiger partial charge on any atom is 0.161 e. The van der Waals surface area contributed by atoms with Gasteiger partial charge in [0.2, 0.25) is 0 Å². The van der Waals surface area contributed by atoms with Gasteiger partial charge in [-0.2, -0.15) is 0 Å². The molecule has 0 saturated carbocycles. The summed E-state index contributed by atoms with van der Waals surface area (Å²) in [6.07, 6.45) is 0. The zero-order valence-electron chi connectivity index (χ0n) is 16.1. The molecule has 0 unspecified atom stereocenters. The van der Waals surface area contributed by atoms with Crippen LogP contribution in [0.15, 0.2) is 23.4 Å². The van der Waals surface area contributed by atoms with Gasteiger partial charge in [0.1, 0.15) is 20.3 Å². The largest absolute Gasteiger partial charge is 0.487 e. The predicted molar refractivity (Wildman–Crippen MR) is 99.9 cm³/mol. The molecule has 1 aromatic carbocycles. The molecule has 0 radical (unpaired) electrons. The summed E-state index contributed by atoms with van der Waals surface area (Å²) in [5.41, 5.74) is 1.64. The Kier molecular flexibility index (Phi) is 10.6. The van der Waals surface area contributed by atoms with E-state index >= 15 is 0 Å². The van der Waals surface area contributed by atoms with Gasteiger partial charge in [0.25, 0.3) is 0 Å². The Morgan fingerprint density at radius 1 is 0.741 bits per heavy atom. The molecule has 2 rings (SSSR count). The van der Waals surface area contributed by atoms with Crippen LogP contribution in [0.1, 0.15) is 12.5 Å². The first-order chi connectivity index (χ1) is 13.3. The summed E-state index contributed by atoms with van der Waals surface area (Å²) in [6, 6.07) is 5.65. The summed E-state index contributed by atoms with van der Waals surface area (Å²) in [5.74, 6) is 1.27. The molecule has 8 nitrogen and oxygen atoms in total. The first kappa shape index (κ1) is 21.4. The molecule has 0 spiro atoms. The number of hydrogen-bond donors (Lipinski definition) is 0. The molecular weight excluding hydrogens is 354 g/mol. The van der Waals surface area contributed by atoms with Crippen LogP contribution in [0.5, 0.6) is 11.5 Å². The lowest BCUT2D eigenvalue weighted by molar-refractivity contribution is -0.00841. The fraction of sp³-hybridized carbons (Fsp3) is 0.632. The molecule has 1 aromatic rings. The monoisotopic (exact) mass is 383 g/mol. The van der Waals surface area contributed by atoms with Crippen LogP contribution in [-0.4, -0.2) is 78.9 Å². The molecule has 0 aromatic heterocycles. The van der Waals surface area contributed by atoms with Crippen molar-refractivity contribution >= 4 is 5.71 Å². The topological polar surface area (TPSA) is 77.0 Å². The van der Waals surface area contributed by atoms with Crippen molar-refractivity contribution in [3.8, 4) is 11.5 Å². The molecular formula is C19H29NO7. The number of hydrogen-bond acceptors (Lipinski definition) is 8. The van der Waals surface area contributed by atoms with Gasteiger partial charge in [0.05, 0.1) is 58.6 Å². The predicted octanol–water partition coefficient (Wildman–Crippen LogP) is 1.89. The maximum atomic E-state index is 5.85. The van der Waals surface area contributed by atoms with Crippen LogP contribution in [0.2, 0.25) is 0 Å². The normalized spacial score (nSPS) is 19.0. The molecule has 27 heavy (non-hydrogen) atoms. The van der Waals surface area contributed by atoms with Crippen molar-refractivity contribution in [3.05, 3.63) is 23.8 Å². The first-order valence-corrected chi connectivity index (χ1v) is 9.10. The van der Waals surface area contributed by atoms with E-state index in [1.54, 1.807) is 0 Å². The third-order valence-electron chi connectivity index (χ3n) is 3.68. The number of oxime groups is 1. The highest BCUT2D eigenvalue weighted by atomic mass is 16.6. The first-order valence-electron chi connectivity index (χ1n) is 9.10. The lowest BCUT2D eigenvalue weighted by Crippen LogP contribution is -2.16. The number of ether oxygens (including phenoxy) is 6. The molecule has 0 amide bonds. The molecule has 152 valence electrons. The average Bonchev–Trinajstić information content (AvgIpc) is 2.68. The van der Waals surface area contributed by atoms with Gasteiger partial charge < -0.3 is 33.3 Å². The zero-order chi connectivity index (χ0) is 19.2. The second kappa shape index (κ2) is 13.3. The molecule has 0 saturated heterocycles. The van der Waals surface area contributed by atoms with Crippen LogP contribution in [0.25, 0.3) is 0 Å². The Labute approximate surface area is 160 Å². The van der Waals surface area contributed by atoms with E-state index in [0.717, 1.165) is 11.3 Å². The molecule has 0 N–H and O–H groups in total. The van der Waals surface area contributed by atoms with Gasteiger partial charge in [-0.25, -0.2) is 0 Å². The summed E-state index contributed by atoms with van der Waals surface area (Å²) in [4.78, 5) is 4.84. The third-order valence-corrected chi connectivity index (χ3v) is 3.68. The Morgan fingerprint density at radius 2 is 1.22 bits per heavy atom. The molecule has 0 bridgehead atoms. The van der Waals surface area contributed by atoms with Crippen molar-refractivity contribution in [1.29, 1.82) is 0 Å². The van der Waals surface area contributed by atoms with Gasteiger partial charge in [0, 0.05) is 5.56 Å². The molecule has 0 aliphatic carbocycles. The van der Waals surface area contributed by atoms with E-state index in [1.807, 2.05) is 25.1 Å². The second-order valence-corrected chi connectivity index (χ2v) is 5.67. The molecule has 0 atom stereocenters. The summed E-state index contributed by atoms with van der Waals surface area (Å²) in [7, 11) is 1.52. The van der Waals surface area contributed by atoms with E-state index in [9.17, 15) is 0 Å². The molecule has 8 heteroatoms. The highest BCUT2D eigenvalue weighted by molar-refractivity contribution is 5.98. The van der Waals surface area contributed by atoms with Gasteiger partial charge in [-0.3, -0.25) is 0 Å². The number of benzene rings is 1. The zero-order valence-corrected chi connectivity index (χ0v) is 16.1. The van der Waals surface area contributed by atoms with Gasteiger partial charge in [-0.05, 0) is 25.1 Å². The summed E-state index contributed by atoms with van der Waals surface area (Å²) < 4.78 is 33.5. The van der Waals surface area contributed by atoms with Gasteiger partial charge in [0.15, 0.2) is 11.5 Å². The maximum absolute atomic E-state index is 5.85. The molecule has 1 heterocycles. The Balaban J connectivity index is 1.98. The van der Waals surface area contributed by atoms with Crippen LogP contribution in [-0.2, 0) is 23.8 Å².